The van der Waals surface area contributed by atoms with Crippen LogP contribution in [0.25, 0.3) is 0 Å². The van der Waals surface area contributed by atoms with Gasteiger partial charge in [0.25, 0.3) is 5.91 Å². The summed E-state index contributed by atoms with van der Waals surface area (Å²) in [6.45, 7) is 4.10. The summed E-state index contributed by atoms with van der Waals surface area (Å²) in [6, 6.07) is 13.7. The highest BCUT2D eigenvalue weighted by molar-refractivity contribution is 7.07. The van der Waals surface area contributed by atoms with E-state index in [9.17, 15) is 4.79 Å². The molecule has 1 N–H and O–H groups in total. The number of nitrogens with zero attached hydrogens (tertiary/aromatic N) is 3. The van der Waals surface area contributed by atoms with Gasteiger partial charge in [0.15, 0.2) is 0 Å². The third-order valence-electron chi connectivity index (χ3n) is 5.49. The number of anilines is 2. The number of benzene rings is 1. The van der Waals surface area contributed by atoms with E-state index in [0.29, 0.717) is 18.7 Å². The first-order chi connectivity index (χ1) is 15.1. The standard InChI is InChI=1S/C24H28N4O2S/c1-17-7-8-21-23(26-17)27(3)12-13-28(24(21)29)19-5-4-6-20(15-19)30-22(9-11-25-2)18-10-14-31-16-18/h4-8,10,14-16,22,25H,9,11-13H2,1-3H3/t22-/m1/s1. The topological polar surface area (TPSA) is 57.7 Å². The van der Waals surface area contributed by atoms with E-state index >= 15 is 0 Å². The fourth-order valence-electron chi connectivity index (χ4n) is 3.77. The van der Waals surface area contributed by atoms with Crippen LogP contribution in [0.2, 0.25) is 0 Å². The summed E-state index contributed by atoms with van der Waals surface area (Å²) < 4.78 is 6.37. The van der Waals surface area contributed by atoms with Crippen LogP contribution in [0.3, 0.4) is 0 Å². The van der Waals surface area contributed by atoms with E-state index in [2.05, 4.69) is 27.1 Å². The van der Waals surface area contributed by atoms with Crippen LogP contribution in [-0.2, 0) is 0 Å². The molecule has 0 bridgehead atoms. The van der Waals surface area contributed by atoms with Crippen molar-refractivity contribution < 1.29 is 9.53 Å². The van der Waals surface area contributed by atoms with E-state index in [1.807, 2.05) is 67.2 Å². The molecule has 1 aliphatic rings. The molecule has 0 aliphatic carbocycles. The lowest BCUT2D eigenvalue weighted by Crippen LogP contribution is -2.33. The largest absolute Gasteiger partial charge is 0.486 e. The van der Waals surface area contributed by atoms with Crippen molar-refractivity contribution in [1.29, 1.82) is 0 Å². The summed E-state index contributed by atoms with van der Waals surface area (Å²) in [5.74, 6) is 1.47. The second-order valence-electron chi connectivity index (χ2n) is 7.75. The van der Waals surface area contributed by atoms with Crippen LogP contribution < -0.4 is 19.9 Å². The first-order valence-electron chi connectivity index (χ1n) is 10.5. The number of nitrogens with one attached hydrogen (secondary N) is 1. The lowest BCUT2D eigenvalue weighted by molar-refractivity contribution is 0.0990. The lowest BCUT2D eigenvalue weighted by Gasteiger charge is -2.23. The van der Waals surface area contributed by atoms with Crippen LogP contribution in [0.15, 0.2) is 53.2 Å². The molecule has 3 heterocycles. The molecule has 6 nitrogen and oxygen atoms in total. The lowest BCUT2D eigenvalue weighted by atomic mass is 10.1. The molecule has 2 aromatic heterocycles. The smallest absolute Gasteiger partial charge is 0.262 e. The Labute approximate surface area is 187 Å². The van der Waals surface area contributed by atoms with E-state index in [1.165, 1.54) is 5.56 Å². The normalized spacial score (nSPS) is 14.9. The maximum Gasteiger partial charge on any atom is 0.262 e. The number of hydrogen-bond donors (Lipinski definition) is 1. The molecule has 0 spiro atoms. The number of aryl methyl sites for hydroxylation is 1. The molecule has 3 aromatic rings. The van der Waals surface area contributed by atoms with Crippen LogP contribution >= 0.6 is 11.3 Å². The van der Waals surface area contributed by atoms with Gasteiger partial charge in [-0.2, -0.15) is 11.3 Å². The number of carbonyl (C=O) groups is 1. The Balaban J connectivity index is 1.60. The predicted octanol–water partition coefficient (Wildman–Crippen LogP) is 4.28. The molecule has 0 fully saturated rings. The van der Waals surface area contributed by atoms with E-state index in [0.717, 1.165) is 35.9 Å². The zero-order valence-electron chi connectivity index (χ0n) is 18.2. The highest BCUT2D eigenvalue weighted by Crippen LogP contribution is 2.31. The number of fused-ring (bicyclic) bond motifs is 1. The van der Waals surface area contributed by atoms with Gasteiger partial charge in [-0.05, 0) is 61.6 Å². The Hall–Kier alpha value is -2.90. The fourth-order valence-corrected chi connectivity index (χ4v) is 4.47. The van der Waals surface area contributed by atoms with Gasteiger partial charge < -0.3 is 19.9 Å². The molecular weight excluding hydrogens is 408 g/mol. The van der Waals surface area contributed by atoms with Gasteiger partial charge in [0, 0.05) is 49.6 Å². The fraction of sp³-hybridized carbons (Fsp3) is 0.333. The zero-order chi connectivity index (χ0) is 21.8. The minimum Gasteiger partial charge on any atom is -0.486 e. The highest BCUT2D eigenvalue weighted by atomic mass is 32.1. The number of hydrogen-bond acceptors (Lipinski definition) is 6. The van der Waals surface area contributed by atoms with Crippen molar-refractivity contribution in [2.75, 3.05) is 43.5 Å². The molecule has 4 rings (SSSR count). The number of likely N-dealkylation sites (N-methyl/N-ethyl adjacent to an activating group) is 1. The van der Waals surface area contributed by atoms with Gasteiger partial charge in [-0.25, -0.2) is 4.98 Å². The van der Waals surface area contributed by atoms with Crippen LogP contribution in [0.1, 0.15) is 34.1 Å². The van der Waals surface area contributed by atoms with Gasteiger partial charge in [-0.15, -0.1) is 0 Å². The molecule has 0 saturated heterocycles. The molecule has 0 unspecified atom stereocenters. The SMILES string of the molecule is CNCC[C@@H](Oc1cccc(N2CCN(C)c3nc(C)ccc3C2=O)c1)c1ccsc1. The summed E-state index contributed by atoms with van der Waals surface area (Å²) in [5.41, 5.74) is 3.54. The zero-order valence-corrected chi connectivity index (χ0v) is 19.0. The van der Waals surface area contributed by atoms with Crippen molar-refractivity contribution in [3.8, 4) is 5.75 Å². The number of rotatable bonds is 7. The summed E-state index contributed by atoms with van der Waals surface area (Å²) in [7, 11) is 3.93. The van der Waals surface area contributed by atoms with E-state index in [4.69, 9.17) is 4.74 Å². The average molecular weight is 437 g/mol. The minimum absolute atomic E-state index is 0.0337. The van der Waals surface area contributed by atoms with Gasteiger partial charge >= 0.3 is 0 Å². The Morgan fingerprint density at radius 2 is 2.10 bits per heavy atom. The molecule has 1 aliphatic heterocycles. The van der Waals surface area contributed by atoms with Crippen molar-refractivity contribution in [2.24, 2.45) is 0 Å². The molecule has 0 radical (unpaired) electrons. The number of carbonyl (C=O) groups excluding carboxylic acids is 1. The van der Waals surface area contributed by atoms with Gasteiger partial charge in [-0.1, -0.05) is 6.07 Å². The van der Waals surface area contributed by atoms with Gasteiger partial charge in [0.2, 0.25) is 0 Å². The maximum absolute atomic E-state index is 13.4. The molecule has 162 valence electrons. The van der Waals surface area contributed by atoms with Crippen LogP contribution in [0.4, 0.5) is 11.5 Å². The number of pyridine rings is 1. The minimum atomic E-state index is -0.0344. The Kier molecular flexibility index (Phi) is 6.53. The third kappa shape index (κ3) is 4.73. The monoisotopic (exact) mass is 436 g/mol. The molecule has 0 saturated carbocycles. The van der Waals surface area contributed by atoms with Crippen LogP contribution in [0.5, 0.6) is 5.75 Å². The maximum atomic E-state index is 13.4. The van der Waals surface area contributed by atoms with Crippen molar-refractivity contribution >= 4 is 28.7 Å². The van der Waals surface area contributed by atoms with Gasteiger partial charge in [0.1, 0.15) is 17.7 Å². The predicted molar refractivity (Wildman–Crippen MR) is 127 cm³/mol. The molecule has 1 aromatic carbocycles. The Bertz CT molecular complexity index is 1040. The average Bonchev–Trinajstić information content (AvgIpc) is 3.28. The van der Waals surface area contributed by atoms with Crippen molar-refractivity contribution in [1.82, 2.24) is 10.3 Å². The van der Waals surface area contributed by atoms with Crippen molar-refractivity contribution in [2.45, 2.75) is 19.4 Å². The van der Waals surface area contributed by atoms with Crippen LogP contribution in [-0.4, -0.2) is 44.6 Å². The molecule has 1 atom stereocenters. The Morgan fingerprint density at radius 3 is 2.87 bits per heavy atom. The van der Waals surface area contributed by atoms with Crippen LogP contribution in [0, 0.1) is 6.92 Å². The van der Waals surface area contributed by atoms with Gasteiger partial charge in [0.05, 0.1) is 5.56 Å². The third-order valence-corrected chi connectivity index (χ3v) is 6.19. The summed E-state index contributed by atoms with van der Waals surface area (Å²) in [6.07, 6.45) is 0.830. The quantitative estimate of drug-likeness (QED) is 0.599. The highest BCUT2D eigenvalue weighted by Gasteiger charge is 2.27. The van der Waals surface area contributed by atoms with Crippen molar-refractivity contribution in [3.63, 3.8) is 0 Å². The molecule has 31 heavy (non-hydrogen) atoms. The van der Waals surface area contributed by atoms with Crippen molar-refractivity contribution in [3.05, 3.63) is 70.0 Å². The summed E-state index contributed by atoms with van der Waals surface area (Å²) in [4.78, 5) is 21.8. The van der Waals surface area contributed by atoms with E-state index in [-0.39, 0.29) is 12.0 Å². The molecule has 7 heteroatoms. The first-order valence-corrected chi connectivity index (χ1v) is 11.4. The summed E-state index contributed by atoms with van der Waals surface area (Å²) >= 11 is 1.67. The first kappa shape index (κ1) is 21.3. The Morgan fingerprint density at radius 1 is 1.23 bits per heavy atom. The second kappa shape index (κ2) is 9.49. The number of amides is 1. The number of thiophene rings is 1. The molecular formula is C24H28N4O2S. The van der Waals surface area contributed by atoms with Gasteiger partial charge in [-0.3, -0.25) is 4.79 Å². The molecule has 1 amide bonds. The summed E-state index contributed by atoms with van der Waals surface area (Å²) in [5, 5.41) is 7.40. The number of aromatic nitrogens is 1. The number of ether oxygens (including phenoxy) is 1. The van der Waals surface area contributed by atoms with E-state index in [1.54, 1.807) is 11.3 Å². The second-order valence-corrected chi connectivity index (χ2v) is 8.53. The van der Waals surface area contributed by atoms with E-state index < -0.39 is 0 Å².